The van der Waals surface area contributed by atoms with Crippen molar-refractivity contribution >= 4 is 11.8 Å². The van der Waals surface area contributed by atoms with Crippen molar-refractivity contribution in [1.29, 1.82) is 0 Å². The minimum atomic E-state index is -0.0217. The van der Waals surface area contributed by atoms with Crippen LogP contribution < -0.4 is 10.6 Å². The number of hydrogen-bond donors (Lipinski definition) is 2. The lowest BCUT2D eigenvalue weighted by molar-refractivity contribution is -0.131. The number of amides is 2. The first-order valence-electron chi connectivity index (χ1n) is 8.97. The standard InChI is InChI=1S/C17H31N3O2/c1-3-20(4-2)16(21)10-7-11-18-17(22)15-12-13-8-5-6-9-14(13)19-15/h13-15,19H,3-12H2,1-2H3,(H,18,22). The number of nitrogens with one attached hydrogen (secondary N) is 2. The Bertz CT molecular complexity index is 368. The Morgan fingerprint density at radius 2 is 1.91 bits per heavy atom. The van der Waals surface area contributed by atoms with E-state index in [0.717, 1.165) is 25.9 Å². The molecule has 0 radical (unpaired) electrons. The van der Waals surface area contributed by atoms with Gasteiger partial charge in [-0.2, -0.15) is 0 Å². The smallest absolute Gasteiger partial charge is 0.237 e. The number of nitrogens with zero attached hydrogens (tertiary/aromatic N) is 1. The molecule has 1 saturated carbocycles. The summed E-state index contributed by atoms with van der Waals surface area (Å²) in [4.78, 5) is 25.9. The van der Waals surface area contributed by atoms with Crippen molar-refractivity contribution in [2.45, 2.75) is 70.9 Å². The number of rotatable bonds is 7. The largest absolute Gasteiger partial charge is 0.355 e. The lowest BCUT2D eigenvalue weighted by Gasteiger charge is -2.24. The summed E-state index contributed by atoms with van der Waals surface area (Å²) in [6, 6.07) is 0.528. The molecule has 2 aliphatic rings. The zero-order valence-electron chi connectivity index (χ0n) is 14.1. The summed E-state index contributed by atoms with van der Waals surface area (Å²) in [5, 5.41) is 6.48. The first-order chi connectivity index (χ1) is 10.7. The van der Waals surface area contributed by atoms with Crippen molar-refractivity contribution < 1.29 is 9.59 Å². The molecule has 2 amide bonds. The maximum Gasteiger partial charge on any atom is 0.237 e. The molecule has 2 N–H and O–H groups in total. The van der Waals surface area contributed by atoms with Crippen LogP contribution >= 0.6 is 0 Å². The lowest BCUT2D eigenvalue weighted by Crippen LogP contribution is -2.43. The molecular weight excluding hydrogens is 278 g/mol. The molecule has 5 heteroatoms. The normalized spacial score (nSPS) is 27.3. The predicted octanol–water partition coefficient (Wildman–Crippen LogP) is 1.67. The van der Waals surface area contributed by atoms with Gasteiger partial charge in [-0.05, 0) is 45.4 Å². The molecule has 22 heavy (non-hydrogen) atoms. The molecule has 0 spiro atoms. The van der Waals surface area contributed by atoms with Gasteiger partial charge in [0.1, 0.15) is 0 Å². The second-order valence-corrected chi connectivity index (χ2v) is 6.57. The molecule has 2 rings (SSSR count). The van der Waals surface area contributed by atoms with Crippen LogP contribution in [0.4, 0.5) is 0 Å². The van der Waals surface area contributed by atoms with E-state index < -0.39 is 0 Å². The maximum atomic E-state index is 12.2. The van der Waals surface area contributed by atoms with Crippen molar-refractivity contribution in [3.05, 3.63) is 0 Å². The average Bonchev–Trinajstić information content (AvgIpc) is 2.96. The third kappa shape index (κ3) is 4.45. The summed E-state index contributed by atoms with van der Waals surface area (Å²) < 4.78 is 0. The summed E-state index contributed by atoms with van der Waals surface area (Å²) in [7, 11) is 0. The molecule has 1 heterocycles. The van der Waals surface area contributed by atoms with Crippen LogP contribution in [0.1, 0.15) is 58.8 Å². The quantitative estimate of drug-likeness (QED) is 0.703. The SMILES string of the molecule is CCN(CC)C(=O)CCCNC(=O)C1CC2CCCCC2N1. The molecule has 0 aromatic carbocycles. The predicted molar refractivity (Wildman–Crippen MR) is 87.5 cm³/mol. The van der Waals surface area contributed by atoms with E-state index in [2.05, 4.69) is 10.6 Å². The molecule has 0 aromatic rings. The van der Waals surface area contributed by atoms with Crippen LogP contribution in [0.15, 0.2) is 0 Å². The Hall–Kier alpha value is -1.10. The molecule has 1 aliphatic heterocycles. The van der Waals surface area contributed by atoms with E-state index >= 15 is 0 Å². The van der Waals surface area contributed by atoms with Crippen LogP contribution in [0.2, 0.25) is 0 Å². The Kier molecular flexibility index (Phi) is 6.68. The monoisotopic (exact) mass is 309 g/mol. The zero-order valence-corrected chi connectivity index (χ0v) is 14.1. The fourth-order valence-corrected chi connectivity index (χ4v) is 3.83. The number of hydrogen-bond acceptors (Lipinski definition) is 3. The van der Waals surface area contributed by atoms with Crippen LogP contribution in [0.3, 0.4) is 0 Å². The van der Waals surface area contributed by atoms with Crippen molar-refractivity contribution in [3.63, 3.8) is 0 Å². The van der Waals surface area contributed by atoms with Gasteiger partial charge in [0.25, 0.3) is 0 Å². The van der Waals surface area contributed by atoms with Crippen LogP contribution in [0.25, 0.3) is 0 Å². The van der Waals surface area contributed by atoms with E-state index in [1.165, 1.54) is 25.7 Å². The highest BCUT2D eigenvalue weighted by Gasteiger charge is 2.37. The minimum absolute atomic E-state index is 0.0217. The van der Waals surface area contributed by atoms with Gasteiger partial charge in [0.2, 0.25) is 11.8 Å². The van der Waals surface area contributed by atoms with Crippen molar-refractivity contribution in [3.8, 4) is 0 Å². The third-order valence-electron chi connectivity index (χ3n) is 5.16. The summed E-state index contributed by atoms with van der Waals surface area (Å²) in [6.45, 7) is 6.11. The number of fused-ring (bicyclic) bond motifs is 1. The van der Waals surface area contributed by atoms with Gasteiger partial charge in [0.15, 0.2) is 0 Å². The van der Waals surface area contributed by atoms with E-state index in [1.54, 1.807) is 0 Å². The fraction of sp³-hybridized carbons (Fsp3) is 0.882. The molecule has 0 bridgehead atoms. The highest BCUT2D eigenvalue weighted by Crippen LogP contribution is 2.33. The molecular formula is C17H31N3O2. The van der Waals surface area contributed by atoms with Gasteiger partial charge >= 0.3 is 0 Å². The fourth-order valence-electron chi connectivity index (χ4n) is 3.83. The summed E-state index contributed by atoms with van der Waals surface area (Å²) in [5.41, 5.74) is 0. The van der Waals surface area contributed by atoms with Crippen LogP contribution in [-0.2, 0) is 9.59 Å². The second-order valence-electron chi connectivity index (χ2n) is 6.57. The molecule has 2 fully saturated rings. The van der Waals surface area contributed by atoms with Gasteiger partial charge in [0.05, 0.1) is 6.04 Å². The summed E-state index contributed by atoms with van der Waals surface area (Å²) in [6.07, 6.45) is 7.30. The minimum Gasteiger partial charge on any atom is -0.355 e. The number of carbonyl (C=O) groups excluding carboxylic acids is 2. The second kappa shape index (κ2) is 8.51. The van der Waals surface area contributed by atoms with Crippen molar-refractivity contribution in [2.24, 2.45) is 5.92 Å². The summed E-state index contributed by atoms with van der Waals surface area (Å²) in [5.74, 6) is 0.989. The Labute approximate surface area is 134 Å². The van der Waals surface area contributed by atoms with Crippen molar-refractivity contribution in [1.82, 2.24) is 15.5 Å². The van der Waals surface area contributed by atoms with Gasteiger partial charge in [0, 0.05) is 32.1 Å². The molecule has 3 unspecified atom stereocenters. The Morgan fingerprint density at radius 1 is 1.18 bits per heavy atom. The van der Waals surface area contributed by atoms with Crippen molar-refractivity contribution in [2.75, 3.05) is 19.6 Å². The molecule has 5 nitrogen and oxygen atoms in total. The van der Waals surface area contributed by atoms with Gasteiger partial charge in [-0.3, -0.25) is 9.59 Å². The van der Waals surface area contributed by atoms with E-state index in [9.17, 15) is 9.59 Å². The van der Waals surface area contributed by atoms with Gasteiger partial charge in [-0.15, -0.1) is 0 Å². The topological polar surface area (TPSA) is 61.4 Å². The van der Waals surface area contributed by atoms with Crippen LogP contribution in [0.5, 0.6) is 0 Å². The van der Waals surface area contributed by atoms with E-state index in [0.29, 0.717) is 24.9 Å². The first-order valence-corrected chi connectivity index (χ1v) is 8.97. The highest BCUT2D eigenvalue weighted by molar-refractivity contribution is 5.82. The van der Waals surface area contributed by atoms with Crippen LogP contribution in [-0.4, -0.2) is 48.4 Å². The highest BCUT2D eigenvalue weighted by atomic mass is 16.2. The van der Waals surface area contributed by atoms with E-state index in [1.807, 2.05) is 18.7 Å². The van der Waals surface area contributed by atoms with Gasteiger partial charge < -0.3 is 15.5 Å². The Morgan fingerprint density at radius 3 is 2.59 bits per heavy atom. The van der Waals surface area contributed by atoms with Crippen LogP contribution in [0, 0.1) is 5.92 Å². The molecule has 1 saturated heterocycles. The molecule has 126 valence electrons. The lowest BCUT2D eigenvalue weighted by atomic mass is 9.85. The zero-order chi connectivity index (χ0) is 15.9. The molecule has 0 aromatic heterocycles. The third-order valence-corrected chi connectivity index (χ3v) is 5.16. The maximum absolute atomic E-state index is 12.2. The Balaban J connectivity index is 1.63. The number of carbonyl (C=O) groups is 2. The average molecular weight is 309 g/mol. The first kappa shape index (κ1) is 17.3. The molecule has 3 atom stereocenters. The van der Waals surface area contributed by atoms with Gasteiger partial charge in [-0.1, -0.05) is 12.8 Å². The van der Waals surface area contributed by atoms with E-state index in [4.69, 9.17) is 0 Å². The summed E-state index contributed by atoms with van der Waals surface area (Å²) >= 11 is 0. The molecule has 1 aliphatic carbocycles. The van der Waals surface area contributed by atoms with E-state index in [-0.39, 0.29) is 17.9 Å². The van der Waals surface area contributed by atoms with Gasteiger partial charge in [-0.25, -0.2) is 0 Å².